The monoisotopic (exact) mass is 403 g/mol. The van der Waals surface area contributed by atoms with E-state index in [1.165, 1.54) is 20.0 Å². The van der Waals surface area contributed by atoms with Gasteiger partial charge in [0.05, 0.1) is 19.6 Å². The van der Waals surface area contributed by atoms with Gasteiger partial charge in [-0.15, -0.1) is 0 Å². The van der Waals surface area contributed by atoms with Crippen molar-refractivity contribution in [1.82, 2.24) is 4.90 Å². The molecule has 0 radical (unpaired) electrons. The highest BCUT2D eigenvalue weighted by Gasteiger charge is 2.69. The molecule has 3 fully saturated rings. The molecule has 3 unspecified atom stereocenters. The van der Waals surface area contributed by atoms with Crippen LogP contribution in [0.4, 0.5) is 0 Å². The molecule has 5 nitrogen and oxygen atoms in total. The lowest BCUT2D eigenvalue weighted by Gasteiger charge is -2.62. The van der Waals surface area contributed by atoms with Gasteiger partial charge in [0.15, 0.2) is 5.79 Å². The fourth-order valence-corrected chi connectivity index (χ4v) is 8.17. The summed E-state index contributed by atoms with van der Waals surface area (Å²) in [6.07, 6.45) is 7.24. The summed E-state index contributed by atoms with van der Waals surface area (Å²) in [6, 6.07) is 0. The van der Waals surface area contributed by atoms with Crippen molar-refractivity contribution < 1.29 is 19.4 Å². The van der Waals surface area contributed by atoms with Crippen LogP contribution < -0.4 is 0 Å². The molecule has 0 aromatic carbocycles. The molecule has 2 bridgehead atoms. The molecule has 29 heavy (non-hydrogen) atoms. The number of hydrogen-bond donors (Lipinski definition) is 1. The minimum absolute atomic E-state index is 0.00513. The fourth-order valence-electron chi connectivity index (χ4n) is 8.17. The van der Waals surface area contributed by atoms with Crippen molar-refractivity contribution >= 4 is 5.97 Å². The molecule has 3 aliphatic carbocycles. The Hall–Kier alpha value is -0.910. The average molecular weight is 404 g/mol. The van der Waals surface area contributed by atoms with Crippen molar-refractivity contribution in [3.63, 3.8) is 0 Å². The van der Waals surface area contributed by atoms with E-state index in [-0.39, 0.29) is 28.6 Å². The Morgan fingerprint density at radius 2 is 2.03 bits per heavy atom. The van der Waals surface area contributed by atoms with E-state index in [0.717, 1.165) is 38.8 Å². The van der Waals surface area contributed by atoms with Crippen molar-refractivity contribution in [1.29, 1.82) is 0 Å². The van der Waals surface area contributed by atoms with Crippen LogP contribution in [0.2, 0.25) is 0 Å². The molecule has 0 aromatic rings. The van der Waals surface area contributed by atoms with Crippen LogP contribution in [0, 0.1) is 34.5 Å². The normalized spacial score (nSPS) is 46.9. The maximum atomic E-state index is 12.8. The first-order chi connectivity index (χ1) is 13.8. The largest absolute Gasteiger partial charge is 0.469 e. The molecule has 1 saturated carbocycles. The Morgan fingerprint density at radius 1 is 1.28 bits per heavy atom. The third kappa shape index (κ3) is 2.53. The molecule has 5 aliphatic rings. The standard InChI is InChI=1S/C24H37NO4/c1-15(2)24(27)10-9-22(14-29-24)17-7-5-16-6-8-18-19(21(26)28-4)11-23(22,20(16)18)13-25(3)12-17/h15,17-19,27H,5-14H2,1-4H3/t17?,18?,19-,22?,23+,24-/m1/s1. The van der Waals surface area contributed by atoms with Gasteiger partial charge in [0, 0.05) is 36.3 Å². The molecule has 2 saturated heterocycles. The van der Waals surface area contributed by atoms with E-state index in [4.69, 9.17) is 9.47 Å². The minimum Gasteiger partial charge on any atom is -0.469 e. The van der Waals surface area contributed by atoms with Crippen molar-refractivity contribution in [2.24, 2.45) is 34.5 Å². The molecule has 0 aromatic heterocycles. The van der Waals surface area contributed by atoms with E-state index < -0.39 is 5.79 Å². The van der Waals surface area contributed by atoms with Crippen LogP contribution in [0.15, 0.2) is 11.1 Å². The van der Waals surface area contributed by atoms with Crippen molar-refractivity contribution in [3.05, 3.63) is 11.1 Å². The maximum Gasteiger partial charge on any atom is 0.309 e. The summed E-state index contributed by atoms with van der Waals surface area (Å²) in [6.45, 7) is 6.83. The number of ether oxygens (including phenoxy) is 2. The number of carbonyl (C=O) groups is 1. The summed E-state index contributed by atoms with van der Waals surface area (Å²) in [5, 5.41) is 11.1. The maximum absolute atomic E-state index is 12.8. The second-order valence-electron chi connectivity index (χ2n) is 11.0. The van der Waals surface area contributed by atoms with Crippen LogP contribution in [0.3, 0.4) is 0 Å². The van der Waals surface area contributed by atoms with Crippen LogP contribution in [0.5, 0.6) is 0 Å². The highest BCUT2D eigenvalue weighted by atomic mass is 16.6. The van der Waals surface area contributed by atoms with Crippen molar-refractivity contribution in [2.75, 3.05) is 33.9 Å². The summed E-state index contributed by atoms with van der Waals surface area (Å²) in [7, 11) is 3.78. The first-order valence-corrected chi connectivity index (χ1v) is 11.6. The molecule has 5 heteroatoms. The van der Waals surface area contributed by atoms with Gasteiger partial charge < -0.3 is 19.5 Å². The van der Waals surface area contributed by atoms with Crippen LogP contribution in [0.25, 0.3) is 0 Å². The molecule has 5 rings (SSSR count). The Kier molecular flexibility index (Phi) is 4.52. The van der Waals surface area contributed by atoms with Gasteiger partial charge in [-0.3, -0.25) is 4.79 Å². The zero-order chi connectivity index (χ0) is 20.6. The number of methoxy groups -OCH3 is 1. The topological polar surface area (TPSA) is 59.0 Å². The van der Waals surface area contributed by atoms with Gasteiger partial charge in [0.2, 0.25) is 0 Å². The molecule has 162 valence electrons. The Bertz CT molecular complexity index is 735. The number of nitrogens with zero attached hydrogens (tertiary/aromatic N) is 1. The number of esters is 1. The molecular formula is C24H37NO4. The van der Waals surface area contributed by atoms with E-state index in [2.05, 4.69) is 25.8 Å². The molecule has 6 atom stereocenters. The number of rotatable bonds is 2. The highest BCUT2D eigenvalue weighted by molar-refractivity contribution is 5.75. The number of hydrogen-bond acceptors (Lipinski definition) is 5. The van der Waals surface area contributed by atoms with Crippen molar-refractivity contribution in [3.8, 4) is 0 Å². The van der Waals surface area contributed by atoms with Gasteiger partial charge in [0.1, 0.15) is 0 Å². The van der Waals surface area contributed by atoms with Gasteiger partial charge in [-0.2, -0.15) is 0 Å². The predicted molar refractivity (Wildman–Crippen MR) is 110 cm³/mol. The quantitative estimate of drug-likeness (QED) is 0.566. The van der Waals surface area contributed by atoms with Crippen LogP contribution in [-0.4, -0.2) is 55.6 Å². The van der Waals surface area contributed by atoms with Crippen molar-refractivity contribution in [2.45, 2.75) is 64.6 Å². The Balaban J connectivity index is 1.62. The smallest absolute Gasteiger partial charge is 0.309 e. The Morgan fingerprint density at radius 3 is 2.69 bits per heavy atom. The highest BCUT2D eigenvalue weighted by Crippen LogP contribution is 2.71. The number of aliphatic hydroxyl groups is 1. The lowest BCUT2D eigenvalue weighted by Crippen LogP contribution is -2.64. The average Bonchev–Trinajstić information content (AvgIpc) is 3.23. The van der Waals surface area contributed by atoms with E-state index >= 15 is 0 Å². The summed E-state index contributed by atoms with van der Waals surface area (Å²) in [5.74, 6) is -0.0553. The van der Waals surface area contributed by atoms with Gasteiger partial charge in [-0.1, -0.05) is 25.0 Å². The number of allylic oxidation sites excluding steroid dienone is 1. The van der Waals surface area contributed by atoms with E-state index in [1.807, 2.05) is 0 Å². The molecule has 2 aliphatic heterocycles. The zero-order valence-electron chi connectivity index (χ0n) is 18.5. The molecule has 0 amide bonds. The molecule has 2 spiro atoms. The summed E-state index contributed by atoms with van der Waals surface area (Å²) >= 11 is 0. The zero-order valence-corrected chi connectivity index (χ0v) is 18.5. The first-order valence-electron chi connectivity index (χ1n) is 11.6. The number of likely N-dealkylation sites (tertiary alicyclic amines) is 1. The summed E-state index contributed by atoms with van der Waals surface area (Å²) in [4.78, 5) is 15.3. The SMILES string of the molecule is COC(=O)[C@@H]1C[C@]23CN(C)CC(CCC4=C2C1CC4)C31CC[C@](O)(C(C)C)OC1. The molecular weight excluding hydrogens is 366 g/mol. The first kappa shape index (κ1) is 20.0. The van der Waals surface area contributed by atoms with E-state index in [0.29, 0.717) is 24.9 Å². The summed E-state index contributed by atoms with van der Waals surface area (Å²) in [5.41, 5.74) is 3.28. The summed E-state index contributed by atoms with van der Waals surface area (Å²) < 4.78 is 11.6. The van der Waals surface area contributed by atoms with Crippen LogP contribution >= 0.6 is 0 Å². The van der Waals surface area contributed by atoms with Crippen LogP contribution in [0.1, 0.15) is 58.8 Å². The van der Waals surface area contributed by atoms with Gasteiger partial charge >= 0.3 is 5.97 Å². The second kappa shape index (κ2) is 6.54. The van der Waals surface area contributed by atoms with Gasteiger partial charge in [0.25, 0.3) is 0 Å². The molecule has 2 heterocycles. The van der Waals surface area contributed by atoms with Gasteiger partial charge in [-0.05, 0) is 57.4 Å². The third-order valence-electron chi connectivity index (χ3n) is 9.59. The molecule has 1 N–H and O–H groups in total. The lowest BCUT2D eigenvalue weighted by molar-refractivity contribution is -0.300. The van der Waals surface area contributed by atoms with E-state index in [9.17, 15) is 9.90 Å². The fraction of sp³-hybridized carbons (Fsp3) is 0.875. The Labute approximate surface area is 174 Å². The predicted octanol–water partition coefficient (Wildman–Crippen LogP) is 3.37. The second-order valence-corrected chi connectivity index (χ2v) is 11.0. The van der Waals surface area contributed by atoms with E-state index in [1.54, 1.807) is 11.1 Å². The third-order valence-corrected chi connectivity index (χ3v) is 9.59. The number of piperidine rings is 1. The minimum atomic E-state index is -1.01. The number of carbonyl (C=O) groups excluding carboxylic acids is 1. The lowest BCUT2D eigenvalue weighted by atomic mass is 9.50. The van der Waals surface area contributed by atoms with Crippen LogP contribution in [-0.2, 0) is 14.3 Å². The van der Waals surface area contributed by atoms with Gasteiger partial charge in [-0.25, -0.2) is 0 Å².